The molecule has 0 aliphatic carbocycles. The number of piperidine rings is 1. The number of para-hydroxylation sites is 1. The fourth-order valence-corrected chi connectivity index (χ4v) is 7.33. The third kappa shape index (κ3) is 8.76. The largest absolute Gasteiger partial charge is 0.370 e. The Kier molecular flexibility index (Phi) is 12.1. The molecule has 1 unspecified atom stereocenters. The number of nitrogens with zero attached hydrogens (tertiary/aromatic N) is 5. The van der Waals surface area contributed by atoms with Gasteiger partial charge in [0.15, 0.2) is 0 Å². The van der Waals surface area contributed by atoms with Gasteiger partial charge in [-0.15, -0.1) is 0 Å². The minimum absolute atomic E-state index is 0.0647. The molecule has 1 saturated heterocycles. The molecule has 236 valence electrons. The van der Waals surface area contributed by atoms with Crippen molar-refractivity contribution < 1.29 is 18.1 Å². The van der Waals surface area contributed by atoms with Gasteiger partial charge < -0.3 is 9.80 Å². The topological polar surface area (TPSA) is 128 Å². The number of hydrazone groups is 1. The molecule has 1 heterocycles. The number of nitrogens with one attached hydrogen (secondary N) is 1. The van der Waals surface area contributed by atoms with Crippen LogP contribution in [0.2, 0.25) is 0 Å². The molecule has 1 aliphatic heterocycles. The van der Waals surface area contributed by atoms with E-state index in [1.165, 1.54) is 16.4 Å². The van der Waals surface area contributed by atoms with E-state index in [0.29, 0.717) is 19.6 Å². The maximum Gasteiger partial charge on any atom is 0.270 e. The number of amides is 1. The summed E-state index contributed by atoms with van der Waals surface area (Å²) in [5, 5.41) is 15.9. The van der Waals surface area contributed by atoms with E-state index in [1.54, 1.807) is 6.21 Å². The highest BCUT2D eigenvalue weighted by atomic mass is 32.2. The molecule has 3 rings (SSSR count). The number of carbonyl (C=O) groups excluding carboxylic acids is 1. The quantitative estimate of drug-likeness (QED) is 0.171. The van der Waals surface area contributed by atoms with Gasteiger partial charge in [-0.05, 0) is 50.7 Å². The van der Waals surface area contributed by atoms with Gasteiger partial charge in [0.25, 0.3) is 5.69 Å². The summed E-state index contributed by atoms with van der Waals surface area (Å²) in [6.07, 6.45) is 3.36. The first kappa shape index (κ1) is 34.0. The number of non-ortho nitro benzene ring substituents is 1. The number of benzene rings is 2. The summed E-state index contributed by atoms with van der Waals surface area (Å²) in [6, 6.07) is 11.5. The van der Waals surface area contributed by atoms with Crippen LogP contribution in [0.15, 0.2) is 52.5 Å². The molecule has 43 heavy (non-hydrogen) atoms. The molecular weight excluding hydrogens is 568 g/mol. The van der Waals surface area contributed by atoms with Crippen LogP contribution in [0.5, 0.6) is 0 Å². The third-order valence-electron chi connectivity index (χ3n) is 7.44. The van der Waals surface area contributed by atoms with E-state index in [4.69, 9.17) is 0 Å². The van der Waals surface area contributed by atoms with Gasteiger partial charge in [-0.3, -0.25) is 20.3 Å². The monoisotopic (exact) mass is 614 g/mol. The van der Waals surface area contributed by atoms with Gasteiger partial charge in [-0.25, -0.2) is 8.42 Å². The lowest BCUT2D eigenvalue weighted by atomic mass is 9.95. The van der Waals surface area contributed by atoms with E-state index in [9.17, 15) is 23.3 Å². The van der Waals surface area contributed by atoms with Crippen LogP contribution >= 0.6 is 0 Å². The van der Waals surface area contributed by atoms with Crippen molar-refractivity contribution in [1.82, 2.24) is 9.21 Å². The van der Waals surface area contributed by atoms with Gasteiger partial charge in [0.2, 0.25) is 15.9 Å². The van der Waals surface area contributed by atoms with Crippen molar-refractivity contribution in [2.75, 3.05) is 49.6 Å². The molecule has 0 aromatic heterocycles. The van der Waals surface area contributed by atoms with Crippen molar-refractivity contribution in [3.63, 3.8) is 0 Å². The lowest BCUT2D eigenvalue weighted by Gasteiger charge is -2.36. The van der Waals surface area contributed by atoms with Gasteiger partial charge in [0.1, 0.15) is 4.90 Å². The van der Waals surface area contributed by atoms with Gasteiger partial charge in [-0.1, -0.05) is 45.9 Å². The molecule has 1 fully saturated rings. The minimum Gasteiger partial charge on any atom is -0.370 e. The highest BCUT2D eigenvalue weighted by molar-refractivity contribution is 7.89. The second-order valence-corrected chi connectivity index (χ2v) is 13.7. The predicted molar refractivity (Wildman–Crippen MR) is 172 cm³/mol. The van der Waals surface area contributed by atoms with Crippen molar-refractivity contribution in [2.24, 2.45) is 22.9 Å². The van der Waals surface area contributed by atoms with E-state index < -0.39 is 14.9 Å². The number of nitro groups is 1. The lowest BCUT2D eigenvalue weighted by molar-refractivity contribution is -0.385. The number of sulfonamides is 1. The maximum absolute atomic E-state index is 13.8. The summed E-state index contributed by atoms with van der Waals surface area (Å²) in [5.41, 5.74) is 4.42. The molecule has 11 nitrogen and oxygen atoms in total. The van der Waals surface area contributed by atoms with Crippen molar-refractivity contribution in [2.45, 2.75) is 59.3 Å². The molecule has 0 radical (unpaired) electrons. The predicted octanol–water partition coefficient (Wildman–Crippen LogP) is 5.43. The zero-order valence-electron chi connectivity index (χ0n) is 26.2. The second-order valence-electron chi connectivity index (χ2n) is 11.8. The van der Waals surface area contributed by atoms with Gasteiger partial charge in [-0.2, -0.15) is 9.41 Å². The van der Waals surface area contributed by atoms with E-state index >= 15 is 0 Å². The molecular formula is C31H46N6O5S. The first-order chi connectivity index (χ1) is 20.4. The highest BCUT2D eigenvalue weighted by Gasteiger charge is 2.31. The van der Waals surface area contributed by atoms with Crippen LogP contribution in [0.4, 0.5) is 17.1 Å². The van der Waals surface area contributed by atoms with Crippen LogP contribution in [0.25, 0.3) is 0 Å². The van der Waals surface area contributed by atoms with Crippen LogP contribution in [-0.2, 0) is 14.8 Å². The summed E-state index contributed by atoms with van der Waals surface area (Å²) in [5.74, 6) is 0.229. The molecule has 2 aromatic rings. The number of nitro benzene ring substituents is 1. The standard InChI is InChI=1S/C31H46N6O5S/c1-7-34(8-2)31(38)26-13-11-17-35(22-26)29-14-10-9-12-25(29)19-32-33-28-16-15-27(37(39)40)18-30(28)43(41,42)36(20-23(3)4)21-24(5)6/h9-10,12,14-16,18-19,23-24,26,33H,7-8,11,13,17,20-22H2,1-6H3. The Hall–Kier alpha value is -3.51. The van der Waals surface area contributed by atoms with Crippen molar-refractivity contribution in [1.29, 1.82) is 0 Å². The first-order valence-electron chi connectivity index (χ1n) is 15.1. The molecule has 1 aliphatic rings. The average Bonchev–Trinajstić information content (AvgIpc) is 2.97. The number of carbonyl (C=O) groups is 1. The maximum atomic E-state index is 13.8. The third-order valence-corrected chi connectivity index (χ3v) is 9.31. The Morgan fingerprint density at radius 2 is 1.77 bits per heavy atom. The van der Waals surface area contributed by atoms with Gasteiger partial charge >= 0.3 is 0 Å². The van der Waals surface area contributed by atoms with Crippen molar-refractivity contribution in [3.8, 4) is 0 Å². The minimum atomic E-state index is -4.08. The summed E-state index contributed by atoms with van der Waals surface area (Å²) in [6.45, 7) is 15.1. The smallest absolute Gasteiger partial charge is 0.270 e. The normalized spacial score (nSPS) is 15.9. The molecule has 2 aromatic carbocycles. The molecule has 1 N–H and O–H groups in total. The van der Waals surface area contributed by atoms with E-state index in [2.05, 4.69) is 15.4 Å². The summed E-state index contributed by atoms with van der Waals surface area (Å²) < 4.78 is 29.1. The second kappa shape index (κ2) is 15.3. The average molecular weight is 615 g/mol. The highest BCUT2D eigenvalue weighted by Crippen LogP contribution is 2.31. The zero-order chi connectivity index (χ0) is 31.7. The summed E-state index contributed by atoms with van der Waals surface area (Å²) in [7, 11) is -4.08. The fourth-order valence-electron chi connectivity index (χ4n) is 5.40. The van der Waals surface area contributed by atoms with Crippen LogP contribution in [0.1, 0.15) is 59.9 Å². The van der Waals surface area contributed by atoms with Crippen LogP contribution < -0.4 is 10.3 Å². The number of rotatable bonds is 14. The molecule has 12 heteroatoms. The zero-order valence-corrected chi connectivity index (χ0v) is 27.0. The number of hydrogen-bond acceptors (Lipinski definition) is 8. The lowest BCUT2D eigenvalue weighted by Crippen LogP contribution is -2.45. The van der Waals surface area contributed by atoms with Gasteiger partial charge in [0, 0.05) is 62.7 Å². The van der Waals surface area contributed by atoms with Crippen LogP contribution in [-0.4, -0.2) is 73.9 Å². The molecule has 1 atom stereocenters. The number of hydrogen-bond donors (Lipinski definition) is 1. The van der Waals surface area contributed by atoms with Crippen LogP contribution in [0.3, 0.4) is 0 Å². The Labute approximate surface area is 256 Å². The van der Waals surface area contributed by atoms with Gasteiger partial charge in [0.05, 0.1) is 22.7 Å². The molecule has 0 bridgehead atoms. The Morgan fingerprint density at radius 1 is 1.12 bits per heavy atom. The fraction of sp³-hybridized carbons (Fsp3) is 0.548. The van der Waals surface area contributed by atoms with Crippen molar-refractivity contribution >= 4 is 39.2 Å². The van der Waals surface area contributed by atoms with E-state index in [0.717, 1.165) is 36.7 Å². The Morgan fingerprint density at radius 3 is 2.37 bits per heavy atom. The van der Waals surface area contributed by atoms with Crippen LogP contribution in [0, 0.1) is 27.9 Å². The summed E-state index contributed by atoms with van der Waals surface area (Å²) in [4.78, 5) is 27.9. The Bertz CT molecular complexity index is 1380. The molecule has 0 saturated carbocycles. The van der Waals surface area contributed by atoms with E-state index in [1.807, 2.05) is 70.7 Å². The first-order valence-corrected chi connectivity index (χ1v) is 16.5. The number of anilines is 2. The van der Waals surface area contributed by atoms with E-state index in [-0.39, 0.29) is 53.0 Å². The molecule has 1 amide bonds. The Balaban J connectivity index is 1.91. The molecule has 0 spiro atoms. The summed E-state index contributed by atoms with van der Waals surface area (Å²) >= 11 is 0. The van der Waals surface area contributed by atoms with Crippen molar-refractivity contribution in [3.05, 3.63) is 58.1 Å². The SMILES string of the molecule is CCN(CC)C(=O)C1CCCN(c2ccccc2C=NNc2ccc([N+](=O)[O-])cc2S(=O)(=O)N(CC(C)C)CC(C)C)C1.